The molecule has 0 unspecified atom stereocenters. The quantitative estimate of drug-likeness (QED) is 0.708. The Bertz CT molecular complexity index is 640. The number of nitrogen functional groups attached to an aromatic ring is 1. The van der Waals surface area contributed by atoms with E-state index in [0.717, 1.165) is 6.07 Å². The summed E-state index contributed by atoms with van der Waals surface area (Å²) in [6.45, 7) is 0.00132. The maximum atomic E-state index is 13.2. The zero-order chi connectivity index (χ0) is 13.2. The van der Waals surface area contributed by atoms with Crippen molar-refractivity contribution in [1.82, 2.24) is 14.7 Å². The summed E-state index contributed by atoms with van der Waals surface area (Å²) in [6.07, 6.45) is 3.08. The van der Waals surface area contributed by atoms with E-state index in [4.69, 9.17) is 5.73 Å². The Morgan fingerprint density at radius 3 is 2.83 bits per heavy atom. The highest BCUT2D eigenvalue weighted by Gasteiger charge is 2.15. The van der Waals surface area contributed by atoms with Gasteiger partial charge in [-0.05, 0) is 18.2 Å². The number of imidazole rings is 1. The average molecular weight is 270 g/mol. The first-order valence-electron chi connectivity index (χ1n) is 5.02. The van der Waals surface area contributed by atoms with E-state index in [1.165, 1.54) is 18.3 Å². The Hall–Kier alpha value is -1.93. The normalized spacial score (nSPS) is 11.6. The van der Waals surface area contributed by atoms with E-state index in [2.05, 4.69) is 14.7 Å². The van der Waals surface area contributed by atoms with Gasteiger partial charge in [-0.3, -0.25) is 0 Å². The molecule has 0 saturated carbocycles. The number of benzene rings is 1. The number of aromatic nitrogens is 2. The van der Waals surface area contributed by atoms with Gasteiger partial charge in [-0.1, -0.05) is 0 Å². The van der Waals surface area contributed by atoms with Crippen molar-refractivity contribution in [3.05, 3.63) is 42.2 Å². The summed E-state index contributed by atoms with van der Waals surface area (Å²) in [5, 5.41) is 0. The van der Waals surface area contributed by atoms with Gasteiger partial charge >= 0.3 is 0 Å². The van der Waals surface area contributed by atoms with Gasteiger partial charge < -0.3 is 10.7 Å². The lowest BCUT2D eigenvalue weighted by Crippen LogP contribution is -2.24. The van der Waals surface area contributed by atoms with E-state index in [0.29, 0.717) is 5.82 Å². The Kier molecular flexibility index (Phi) is 3.30. The molecule has 0 aliphatic carbocycles. The highest BCUT2D eigenvalue weighted by Crippen LogP contribution is 2.16. The van der Waals surface area contributed by atoms with Crippen LogP contribution in [0.1, 0.15) is 5.82 Å². The van der Waals surface area contributed by atoms with Crippen molar-refractivity contribution in [1.29, 1.82) is 0 Å². The molecule has 0 fully saturated rings. The number of nitrogens with zero attached hydrogens (tertiary/aromatic N) is 1. The molecule has 0 saturated heterocycles. The van der Waals surface area contributed by atoms with Crippen LogP contribution in [0.4, 0.5) is 10.1 Å². The zero-order valence-electron chi connectivity index (χ0n) is 9.22. The summed E-state index contributed by atoms with van der Waals surface area (Å²) in [7, 11) is -3.78. The Labute approximate surface area is 103 Å². The van der Waals surface area contributed by atoms with Crippen LogP contribution in [0.3, 0.4) is 0 Å². The van der Waals surface area contributed by atoms with Crippen molar-refractivity contribution in [2.75, 3.05) is 5.73 Å². The molecule has 0 bridgehead atoms. The lowest BCUT2D eigenvalue weighted by molar-refractivity contribution is 0.576. The smallest absolute Gasteiger partial charge is 0.241 e. The molecule has 0 radical (unpaired) electrons. The molecule has 0 aliphatic rings. The molecule has 2 aromatic rings. The fourth-order valence-electron chi connectivity index (χ4n) is 1.32. The summed E-state index contributed by atoms with van der Waals surface area (Å²) in [6, 6.07) is 3.32. The number of sulfonamides is 1. The zero-order valence-corrected chi connectivity index (χ0v) is 10.0. The molecule has 0 spiro atoms. The van der Waals surface area contributed by atoms with Crippen molar-refractivity contribution >= 4 is 15.7 Å². The topological polar surface area (TPSA) is 101 Å². The number of anilines is 1. The molecule has 4 N–H and O–H groups in total. The van der Waals surface area contributed by atoms with Crippen LogP contribution in [0.15, 0.2) is 35.5 Å². The van der Waals surface area contributed by atoms with Gasteiger partial charge in [0.05, 0.1) is 17.1 Å². The van der Waals surface area contributed by atoms with Gasteiger partial charge in [0.25, 0.3) is 0 Å². The third-order valence-corrected chi connectivity index (χ3v) is 3.67. The van der Waals surface area contributed by atoms with Gasteiger partial charge in [0.15, 0.2) is 0 Å². The SMILES string of the molecule is Nc1ccc(S(=O)(=O)NCc2ncc[nH]2)cc1F. The van der Waals surface area contributed by atoms with E-state index >= 15 is 0 Å². The molecule has 18 heavy (non-hydrogen) atoms. The first-order valence-corrected chi connectivity index (χ1v) is 6.50. The maximum absolute atomic E-state index is 13.2. The number of nitrogens with one attached hydrogen (secondary N) is 2. The summed E-state index contributed by atoms with van der Waals surface area (Å²) in [5.41, 5.74) is 5.18. The van der Waals surface area contributed by atoms with E-state index in [1.807, 2.05) is 0 Å². The minimum absolute atomic E-state index is 0.00132. The summed E-state index contributed by atoms with van der Waals surface area (Å²) >= 11 is 0. The van der Waals surface area contributed by atoms with Gasteiger partial charge in [-0.15, -0.1) is 0 Å². The second-order valence-corrected chi connectivity index (χ2v) is 5.31. The van der Waals surface area contributed by atoms with Crippen LogP contribution < -0.4 is 10.5 Å². The number of hydrogen-bond acceptors (Lipinski definition) is 4. The molecule has 8 heteroatoms. The van der Waals surface area contributed by atoms with Crippen LogP contribution in [0.25, 0.3) is 0 Å². The Balaban J connectivity index is 2.17. The number of H-pyrrole nitrogens is 1. The van der Waals surface area contributed by atoms with Crippen LogP contribution >= 0.6 is 0 Å². The predicted molar refractivity (Wildman–Crippen MR) is 63.4 cm³/mol. The monoisotopic (exact) mass is 270 g/mol. The first kappa shape index (κ1) is 12.5. The molecule has 96 valence electrons. The fourth-order valence-corrected chi connectivity index (χ4v) is 2.32. The van der Waals surface area contributed by atoms with Gasteiger partial charge in [0.1, 0.15) is 11.6 Å². The fraction of sp³-hybridized carbons (Fsp3) is 0.100. The molecule has 0 aliphatic heterocycles. The van der Waals surface area contributed by atoms with Crippen molar-refractivity contribution in [3.8, 4) is 0 Å². The van der Waals surface area contributed by atoms with E-state index in [9.17, 15) is 12.8 Å². The number of hydrogen-bond donors (Lipinski definition) is 3. The van der Waals surface area contributed by atoms with E-state index in [1.54, 1.807) is 6.20 Å². The number of nitrogens with two attached hydrogens (primary N) is 1. The van der Waals surface area contributed by atoms with Gasteiger partial charge in [0.2, 0.25) is 10.0 Å². The molecule has 6 nitrogen and oxygen atoms in total. The third kappa shape index (κ3) is 2.66. The van der Waals surface area contributed by atoms with E-state index in [-0.39, 0.29) is 17.1 Å². The lowest BCUT2D eigenvalue weighted by atomic mass is 10.3. The molecular weight excluding hydrogens is 259 g/mol. The second kappa shape index (κ2) is 4.75. The van der Waals surface area contributed by atoms with Crippen molar-refractivity contribution in [3.63, 3.8) is 0 Å². The largest absolute Gasteiger partial charge is 0.396 e. The molecule has 2 rings (SSSR count). The summed E-state index contributed by atoms with van der Waals surface area (Å²) < 4.78 is 39.1. The molecule has 1 heterocycles. The van der Waals surface area contributed by atoms with Gasteiger partial charge in [0, 0.05) is 12.4 Å². The highest BCUT2D eigenvalue weighted by molar-refractivity contribution is 7.89. The molecule has 0 amide bonds. The predicted octanol–water partition coefficient (Wildman–Crippen LogP) is 0.609. The third-order valence-electron chi connectivity index (χ3n) is 2.27. The first-order chi connectivity index (χ1) is 8.49. The molecule has 0 atom stereocenters. The average Bonchev–Trinajstić information content (AvgIpc) is 2.83. The van der Waals surface area contributed by atoms with Crippen molar-refractivity contribution in [2.24, 2.45) is 0 Å². The number of halogens is 1. The minimum Gasteiger partial charge on any atom is -0.396 e. The Morgan fingerprint density at radius 1 is 1.44 bits per heavy atom. The molecule has 1 aromatic carbocycles. The van der Waals surface area contributed by atoms with Gasteiger partial charge in [-0.2, -0.15) is 0 Å². The summed E-state index contributed by atoms with van der Waals surface area (Å²) in [4.78, 5) is 6.44. The number of rotatable bonds is 4. The van der Waals surface area contributed by atoms with Crippen LogP contribution in [0, 0.1) is 5.82 Å². The number of aromatic amines is 1. The maximum Gasteiger partial charge on any atom is 0.241 e. The van der Waals surface area contributed by atoms with Crippen molar-refractivity contribution in [2.45, 2.75) is 11.4 Å². The molecular formula is C10H11FN4O2S. The van der Waals surface area contributed by atoms with Crippen molar-refractivity contribution < 1.29 is 12.8 Å². The Morgan fingerprint density at radius 2 is 2.22 bits per heavy atom. The molecule has 1 aromatic heterocycles. The van der Waals surface area contributed by atoms with Crippen LogP contribution in [-0.4, -0.2) is 18.4 Å². The van der Waals surface area contributed by atoms with Gasteiger partial charge in [-0.25, -0.2) is 22.5 Å². The lowest BCUT2D eigenvalue weighted by Gasteiger charge is -2.06. The standard InChI is InChI=1S/C10H11FN4O2S/c11-8-5-7(1-2-9(8)12)18(16,17)15-6-10-13-3-4-14-10/h1-5,15H,6,12H2,(H,13,14). The van der Waals surface area contributed by atoms with Crippen LogP contribution in [-0.2, 0) is 16.6 Å². The summed E-state index contributed by atoms with van der Waals surface area (Å²) in [5.74, 6) is -0.301. The highest BCUT2D eigenvalue weighted by atomic mass is 32.2. The minimum atomic E-state index is -3.78. The van der Waals surface area contributed by atoms with Crippen LogP contribution in [0.5, 0.6) is 0 Å². The van der Waals surface area contributed by atoms with E-state index < -0.39 is 15.8 Å². The second-order valence-electron chi connectivity index (χ2n) is 3.54. The van der Waals surface area contributed by atoms with Crippen LogP contribution in [0.2, 0.25) is 0 Å².